The highest BCUT2D eigenvalue weighted by Gasteiger charge is 2.29. The molecule has 0 saturated carbocycles. The Balaban J connectivity index is 1.74. The Morgan fingerprint density at radius 3 is 2.16 bits per heavy atom. The predicted molar refractivity (Wildman–Crippen MR) is 124 cm³/mol. The number of anilines is 2. The van der Waals surface area contributed by atoms with E-state index in [1.54, 1.807) is 0 Å². The molecule has 0 radical (unpaired) electrons. The van der Waals surface area contributed by atoms with E-state index in [-0.39, 0.29) is 5.11 Å². The Labute approximate surface area is 189 Å². The maximum Gasteiger partial charge on any atom is 0.416 e. The van der Waals surface area contributed by atoms with E-state index in [2.05, 4.69) is 30.9 Å². The largest absolute Gasteiger partial charge is 0.416 e. The van der Waals surface area contributed by atoms with Gasteiger partial charge < -0.3 is 10.6 Å². The third-order valence-electron chi connectivity index (χ3n) is 4.18. The normalized spacial score (nSPS) is 11.7. The highest BCUT2D eigenvalue weighted by atomic mass is 32.1. The molecule has 10 heteroatoms. The van der Waals surface area contributed by atoms with Gasteiger partial charge in [-0.1, -0.05) is 30.3 Å². The van der Waals surface area contributed by atoms with Gasteiger partial charge in [0.25, 0.3) is 0 Å². The molecule has 0 spiro atoms. The number of alkyl halides is 3. The molecule has 3 rings (SSSR count). The standard InChI is InChI=1S/C22H21F3N6S/c1-14-12-15(2)28-20(27-14)30-19(26-13-16-6-4-3-5-7-16)31-21(32)29-18-10-8-17(9-11-18)22(23,24)25/h3-12H,13H2,1-2H3,(H3,26,27,28,29,30,31,32). The third kappa shape index (κ3) is 7.02. The van der Waals surface area contributed by atoms with Gasteiger partial charge in [-0.2, -0.15) is 13.2 Å². The fraction of sp³-hybridized carbons (Fsp3) is 0.182. The van der Waals surface area contributed by atoms with Gasteiger partial charge in [-0.15, -0.1) is 0 Å². The first-order chi connectivity index (χ1) is 15.2. The monoisotopic (exact) mass is 458 g/mol. The van der Waals surface area contributed by atoms with E-state index in [0.29, 0.717) is 24.1 Å². The number of thiocarbonyl (C=S) groups is 1. The van der Waals surface area contributed by atoms with Gasteiger partial charge in [0.2, 0.25) is 11.9 Å². The Morgan fingerprint density at radius 2 is 1.56 bits per heavy atom. The minimum atomic E-state index is -4.40. The van der Waals surface area contributed by atoms with Crippen LogP contribution in [-0.2, 0) is 12.7 Å². The molecule has 0 unspecified atom stereocenters. The fourth-order valence-corrected chi connectivity index (χ4v) is 2.98. The van der Waals surface area contributed by atoms with E-state index >= 15 is 0 Å². The summed E-state index contributed by atoms with van der Waals surface area (Å²) in [5.74, 6) is 0.641. The zero-order valence-electron chi connectivity index (χ0n) is 17.4. The maximum atomic E-state index is 12.7. The first-order valence-electron chi connectivity index (χ1n) is 9.62. The Bertz CT molecular complexity index is 1080. The summed E-state index contributed by atoms with van der Waals surface area (Å²) in [7, 11) is 0. The predicted octanol–water partition coefficient (Wildman–Crippen LogP) is 5.07. The minimum absolute atomic E-state index is 0.147. The molecule has 1 heterocycles. The van der Waals surface area contributed by atoms with Gasteiger partial charge in [0.1, 0.15) is 0 Å². The summed E-state index contributed by atoms with van der Waals surface area (Å²) in [4.78, 5) is 13.2. The molecular weight excluding hydrogens is 437 g/mol. The molecule has 166 valence electrons. The number of guanidine groups is 1. The van der Waals surface area contributed by atoms with Crippen molar-refractivity contribution in [3.63, 3.8) is 0 Å². The molecule has 32 heavy (non-hydrogen) atoms. The zero-order valence-corrected chi connectivity index (χ0v) is 18.2. The topological polar surface area (TPSA) is 74.2 Å². The molecule has 0 aliphatic carbocycles. The van der Waals surface area contributed by atoms with Gasteiger partial charge in [0.15, 0.2) is 5.11 Å². The van der Waals surface area contributed by atoms with Crippen LogP contribution in [0.3, 0.4) is 0 Å². The summed E-state index contributed by atoms with van der Waals surface area (Å²) in [6, 6.07) is 16.0. The van der Waals surface area contributed by atoms with Gasteiger partial charge in [0, 0.05) is 17.1 Å². The quantitative estimate of drug-likeness (QED) is 0.288. The molecule has 0 amide bonds. The van der Waals surface area contributed by atoms with E-state index in [4.69, 9.17) is 12.2 Å². The SMILES string of the molecule is Cc1cc(C)nc(NC(=NCc2ccccc2)NC(=S)Nc2ccc(C(F)(F)F)cc2)n1. The number of rotatable bonds is 4. The van der Waals surface area contributed by atoms with Gasteiger partial charge in [-0.25, -0.2) is 15.0 Å². The van der Waals surface area contributed by atoms with E-state index in [1.807, 2.05) is 50.2 Å². The molecule has 0 aliphatic rings. The van der Waals surface area contributed by atoms with Crippen molar-refractivity contribution in [2.45, 2.75) is 26.6 Å². The molecule has 0 fully saturated rings. The smallest absolute Gasteiger partial charge is 0.332 e. The number of aromatic nitrogens is 2. The summed E-state index contributed by atoms with van der Waals surface area (Å²) < 4.78 is 38.2. The number of benzene rings is 2. The van der Waals surface area contributed by atoms with E-state index in [1.165, 1.54) is 12.1 Å². The zero-order chi connectivity index (χ0) is 23.1. The first kappa shape index (κ1) is 23.1. The number of hydrogen-bond acceptors (Lipinski definition) is 4. The van der Waals surface area contributed by atoms with Crippen molar-refractivity contribution in [2.24, 2.45) is 4.99 Å². The lowest BCUT2D eigenvalue weighted by atomic mass is 10.2. The van der Waals surface area contributed by atoms with E-state index in [9.17, 15) is 13.2 Å². The average Bonchev–Trinajstić information content (AvgIpc) is 2.72. The van der Waals surface area contributed by atoms with Crippen molar-refractivity contribution >= 4 is 34.9 Å². The molecule has 3 N–H and O–H groups in total. The van der Waals surface area contributed by atoms with Crippen LogP contribution in [0.15, 0.2) is 65.7 Å². The Hall–Kier alpha value is -3.53. The molecule has 0 bridgehead atoms. The summed E-state index contributed by atoms with van der Waals surface area (Å²) in [5.41, 5.74) is 2.22. The minimum Gasteiger partial charge on any atom is -0.332 e. The lowest BCUT2D eigenvalue weighted by molar-refractivity contribution is -0.137. The van der Waals surface area contributed by atoms with Crippen LogP contribution < -0.4 is 16.0 Å². The molecule has 2 aromatic carbocycles. The van der Waals surface area contributed by atoms with Gasteiger partial charge in [-0.05, 0) is 62.0 Å². The summed E-state index contributed by atoms with van der Waals surface area (Å²) in [6.07, 6.45) is -4.40. The van der Waals surface area contributed by atoms with Crippen molar-refractivity contribution in [3.05, 3.63) is 83.2 Å². The fourth-order valence-electron chi connectivity index (χ4n) is 2.76. The Kier molecular flexibility index (Phi) is 7.37. The molecular formula is C22H21F3N6S. The molecule has 3 aromatic rings. The van der Waals surface area contributed by atoms with Crippen LogP contribution in [0, 0.1) is 13.8 Å². The molecule has 6 nitrogen and oxygen atoms in total. The van der Waals surface area contributed by atoms with Crippen LogP contribution in [0.1, 0.15) is 22.5 Å². The second-order valence-corrected chi connectivity index (χ2v) is 7.31. The molecule has 0 atom stereocenters. The van der Waals surface area contributed by atoms with Crippen LogP contribution in [0.25, 0.3) is 0 Å². The van der Waals surface area contributed by atoms with Crippen LogP contribution in [0.2, 0.25) is 0 Å². The number of aliphatic imine (C=N–C) groups is 1. The van der Waals surface area contributed by atoms with Crippen molar-refractivity contribution in [1.29, 1.82) is 0 Å². The number of nitrogens with one attached hydrogen (secondary N) is 3. The number of nitrogens with zero attached hydrogens (tertiary/aromatic N) is 3. The number of aryl methyl sites for hydroxylation is 2. The van der Waals surface area contributed by atoms with Crippen molar-refractivity contribution in [1.82, 2.24) is 15.3 Å². The third-order valence-corrected chi connectivity index (χ3v) is 4.38. The number of hydrogen-bond donors (Lipinski definition) is 3. The van der Waals surface area contributed by atoms with Crippen molar-refractivity contribution < 1.29 is 13.2 Å². The second kappa shape index (κ2) is 10.2. The van der Waals surface area contributed by atoms with Gasteiger partial charge in [0.05, 0.1) is 12.1 Å². The van der Waals surface area contributed by atoms with Crippen LogP contribution in [-0.4, -0.2) is 21.0 Å². The molecule has 0 aliphatic heterocycles. The average molecular weight is 459 g/mol. The van der Waals surface area contributed by atoms with Crippen LogP contribution >= 0.6 is 12.2 Å². The maximum absolute atomic E-state index is 12.7. The van der Waals surface area contributed by atoms with Crippen LogP contribution in [0.5, 0.6) is 0 Å². The van der Waals surface area contributed by atoms with Crippen LogP contribution in [0.4, 0.5) is 24.8 Å². The lowest BCUT2D eigenvalue weighted by Gasteiger charge is -2.15. The van der Waals surface area contributed by atoms with Crippen molar-refractivity contribution in [2.75, 3.05) is 10.6 Å². The van der Waals surface area contributed by atoms with Crippen molar-refractivity contribution in [3.8, 4) is 0 Å². The molecule has 0 saturated heterocycles. The summed E-state index contributed by atoms with van der Waals surface area (Å²) in [6.45, 7) is 4.07. The summed E-state index contributed by atoms with van der Waals surface area (Å²) >= 11 is 5.31. The van der Waals surface area contributed by atoms with E-state index in [0.717, 1.165) is 29.1 Å². The second-order valence-electron chi connectivity index (χ2n) is 6.90. The van der Waals surface area contributed by atoms with E-state index < -0.39 is 11.7 Å². The lowest BCUT2D eigenvalue weighted by Crippen LogP contribution is -2.39. The highest BCUT2D eigenvalue weighted by Crippen LogP contribution is 2.29. The Morgan fingerprint density at radius 1 is 0.938 bits per heavy atom. The first-order valence-corrected chi connectivity index (χ1v) is 10.0. The van der Waals surface area contributed by atoms with Gasteiger partial charge >= 0.3 is 6.18 Å². The highest BCUT2D eigenvalue weighted by molar-refractivity contribution is 7.80. The number of halogens is 3. The molecule has 1 aromatic heterocycles. The van der Waals surface area contributed by atoms with Gasteiger partial charge in [-0.3, -0.25) is 5.32 Å². The summed E-state index contributed by atoms with van der Waals surface area (Å²) in [5, 5.41) is 8.94.